The maximum atomic E-state index is 13.2. The van der Waals surface area contributed by atoms with Crippen LogP contribution >= 0.6 is 31.9 Å². The first kappa shape index (κ1) is 14.2. The molecule has 0 radical (unpaired) electrons. The molecule has 19 heavy (non-hydrogen) atoms. The molecule has 2 aromatic rings. The molecule has 2 rings (SSSR count). The van der Waals surface area contributed by atoms with Crippen LogP contribution in [0.1, 0.15) is 15.9 Å². The zero-order valence-electron chi connectivity index (χ0n) is 9.79. The Morgan fingerprint density at radius 3 is 2.58 bits per heavy atom. The summed E-state index contributed by atoms with van der Waals surface area (Å²) in [5, 5.41) is 2.75. The summed E-state index contributed by atoms with van der Waals surface area (Å²) >= 11 is 6.53. The number of carbonyl (C=O) groups excluding carboxylic acids is 1. The normalized spacial score (nSPS) is 10.3. The Labute approximate surface area is 127 Å². The highest BCUT2D eigenvalue weighted by molar-refractivity contribution is 9.10. The molecule has 98 valence electrons. The van der Waals surface area contributed by atoms with Crippen LogP contribution in [0, 0.1) is 5.82 Å². The van der Waals surface area contributed by atoms with Crippen LogP contribution in [0.2, 0.25) is 0 Å². The van der Waals surface area contributed by atoms with Crippen LogP contribution in [0.4, 0.5) is 4.39 Å². The van der Waals surface area contributed by atoms with Gasteiger partial charge < -0.3 is 5.32 Å². The molecule has 0 saturated heterocycles. The summed E-state index contributed by atoms with van der Waals surface area (Å²) in [6, 6.07) is 11.7. The maximum Gasteiger partial charge on any atom is 0.251 e. The van der Waals surface area contributed by atoms with Gasteiger partial charge in [0.1, 0.15) is 5.82 Å². The minimum absolute atomic E-state index is 0.293. The van der Waals surface area contributed by atoms with E-state index in [1.54, 1.807) is 6.07 Å². The number of hydrogen-bond acceptors (Lipinski definition) is 1. The van der Waals surface area contributed by atoms with Gasteiger partial charge >= 0.3 is 0 Å². The van der Waals surface area contributed by atoms with Gasteiger partial charge in [0.25, 0.3) is 5.91 Å². The van der Waals surface area contributed by atoms with Crippen molar-refractivity contribution in [3.63, 3.8) is 0 Å². The minimum atomic E-state index is -0.443. The van der Waals surface area contributed by atoms with Crippen molar-refractivity contribution in [3.8, 4) is 0 Å². The Kier molecular flexibility index (Phi) is 4.71. The molecule has 0 aliphatic carbocycles. The summed E-state index contributed by atoms with van der Waals surface area (Å²) < 4.78 is 14.7. The molecule has 0 aromatic heterocycles. The van der Waals surface area contributed by atoms with Crippen LogP contribution in [-0.4, -0.2) is 5.91 Å². The van der Waals surface area contributed by atoms with Gasteiger partial charge in [-0.15, -0.1) is 0 Å². The van der Waals surface area contributed by atoms with Crippen molar-refractivity contribution in [2.24, 2.45) is 0 Å². The van der Waals surface area contributed by atoms with Crippen molar-refractivity contribution in [3.05, 3.63) is 68.4 Å². The summed E-state index contributed by atoms with van der Waals surface area (Å²) in [7, 11) is 0. The molecule has 0 bridgehead atoms. The highest BCUT2D eigenvalue weighted by Crippen LogP contribution is 2.15. The number of carbonyl (C=O) groups is 1. The first-order valence-corrected chi connectivity index (χ1v) is 7.12. The molecule has 1 amide bonds. The molecule has 0 aliphatic heterocycles. The van der Waals surface area contributed by atoms with Crippen LogP contribution in [0.15, 0.2) is 51.4 Å². The van der Waals surface area contributed by atoms with E-state index in [9.17, 15) is 9.18 Å². The fourth-order valence-electron chi connectivity index (χ4n) is 1.62. The lowest BCUT2D eigenvalue weighted by Crippen LogP contribution is -2.22. The predicted molar refractivity (Wildman–Crippen MR) is 79.4 cm³/mol. The third kappa shape index (κ3) is 4.14. The fraction of sp³-hybridized carbons (Fsp3) is 0.0714. The Hall–Kier alpha value is -1.20. The number of rotatable bonds is 3. The summed E-state index contributed by atoms with van der Waals surface area (Å²) in [6.45, 7) is 0.395. The molecule has 5 heteroatoms. The van der Waals surface area contributed by atoms with E-state index in [1.807, 2.05) is 24.3 Å². The highest BCUT2D eigenvalue weighted by atomic mass is 79.9. The highest BCUT2D eigenvalue weighted by Gasteiger charge is 2.08. The molecule has 0 saturated carbocycles. The average Bonchev–Trinajstić information content (AvgIpc) is 2.35. The maximum absolute atomic E-state index is 13.2. The monoisotopic (exact) mass is 385 g/mol. The predicted octanol–water partition coefficient (Wildman–Crippen LogP) is 4.28. The van der Waals surface area contributed by atoms with Gasteiger partial charge in [0.2, 0.25) is 0 Å². The van der Waals surface area contributed by atoms with E-state index in [0.717, 1.165) is 10.0 Å². The van der Waals surface area contributed by atoms with Gasteiger partial charge in [-0.25, -0.2) is 4.39 Å². The van der Waals surface area contributed by atoms with E-state index < -0.39 is 5.82 Å². The van der Waals surface area contributed by atoms with Crippen LogP contribution in [0.3, 0.4) is 0 Å². The van der Waals surface area contributed by atoms with Gasteiger partial charge in [-0.3, -0.25) is 4.79 Å². The number of nitrogens with one attached hydrogen (secondary N) is 1. The topological polar surface area (TPSA) is 29.1 Å². The summed E-state index contributed by atoms with van der Waals surface area (Å²) in [6.07, 6.45) is 0. The first-order valence-electron chi connectivity index (χ1n) is 5.53. The van der Waals surface area contributed by atoms with Crippen molar-refractivity contribution >= 4 is 37.8 Å². The van der Waals surface area contributed by atoms with E-state index in [4.69, 9.17) is 0 Å². The number of halogens is 3. The second-order valence-electron chi connectivity index (χ2n) is 3.97. The lowest BCUT2D eigenvalue weighted by molar-refractivity contribution is 0.0950. The number of amides is 1. The summed E-state index contributed by atoms with van der Waals surface area (Å²) in [5.41, 5.74) is 1.26. The van der Waals surface area contributed by atoms with E-state index in [2.05, 4.69) is 37.2 Å². The molecule has 2 aromatic carbocycles. The van der Waals surface area contributed by atoms with Crippen molar-refractivity contribution in [2.75, 3.05) is 0 Å². The standard InChI is InChI=1S/C14H10Br2FNO/c15-11-3-1-2-9(4-11)8-18-14(19)10-5-12(16)7-13(17)6-10/h1-7H,8H2,(H,18,19). The molecule has 2 nitrogen and oxygen atoms in total. The van der Waals surface area contributed by atoms with Gasteiger partial charge in [0.15, 0.2) is 0 Å². The van der Waals surface area contributed by atoms with Crippen molar-refractivity contribution < 1.29 is 9.18 Å². The first-order chi connectivity index (χ1) is 9.04. The molecule has 0 spiro atoms. The zero-order valence-corrected chi connectivity index (χ0v) is 13.0. The average molecular weight is 387 g/mol. The Morgan fingerprint density at radius 2 is 1.89 bits per heavy atom. The lowest BCUT2D eigenvalue weighted by atomic mass is 10.2. The number of benzene rings is 2. The molecule has 1 N–H and O–H groups in total. The molecule has 0 atom stereocenters. The van der Waals surface area contributed by atoms with Crippen molar-refractivity contribution in [1.29, 1.82) is 0 Å². The van der Waals surface area contributed by atoms with Gasteiger partial charge in [-0.1, -0.05) is 44.0 Å². The summed E-state index contributed by atoms with van der Waals surface area (Å²) in [4.78, 5) is 11.9. The van der Waals surface area contributed by atoms with Crippen molar-refractivity contribution in [1.82, 2.24) is 5.32 Å². The van der Waals surface area contributed by atoms with Gasteiger partial charge in [-0.05, 0) is 35.9 Å². The molecule has 0 fully saturated rings. The fourth-order valence-corrected chi connectivity index (χ4v) is 2.53. The summed E-state index contributed by atoms with van der Waals surface area (Å²) in [5.74, 6) is -0.748. The minimum Gasteiger partial charge on any atom is -0.348 e. The molecular formula is C14H10Br2FNO. The van der Waals surface area contributed by atoms with Crippen LogP contribution in [-0.2, 0) is 6.54 Å². The molecular weight excluding hydrogens is 377 g/mol. The van der Waals surface area contributed by atoms with Gasteiger partial charge in [0.05, 0.1) is 0 Å². The van der Waals surface area contributed by atoms with E-state index in [-0.39, 0.29) is 5.91 Å². The van der Waals surface area contributed by atoms with Gasteiger partial charge in [0, 0.05) is 21.1 Å². The SMILES string of the molecule is O=C(NCc1cccc(Br)c1)c1cc(F)cc(Br)c1. The van der Waals surface area contributed by atoms with Crippen molar-refractivity contribution in [2.45, 2.75) is 6.54 Å². The largest absolute Gasteiger partial charge is 0.348 e. The Bertz CT molecular complexity index is 596. The molecule has 0 aliphatic rings. The zero-order chi connectivity index (χ0) is 13.8. The van der Waals surface area contributed by atoms with Gasteiger partial charge in [-0.2, -0.15) is 0 Å². The molecule has 0 unspecified atom stereocenters. The third-order valence-corrected chi connectivity index (χ3v) is 3.42. The van der Waals surface area contributed by atoms with Crippen LogP contribution in [0.5, 0.6) is 0 Å². The second kappa shape index (κ2) is 6.30. The van der Waals surface area contributed by atoms with E-state index in [1.165, 1.54) is 12.1 Å². The smallest absolute Gasteiger partial charge is 0.251 e. The second-order valence-corrected chi connectivity index (χ2v) is 5.80. The quantitative estimate of drug-likeness (QED) is 0.837. The molecule has 0 heterocycles. The Morgan fingerprint density at radius 1 is 1.11 bits per heavy atom. The van der Waals surface area contributed by atoms with E-state index in [0.29, 0.717) is 16.6 Å². The third-order valence-electron chi connectivity index (χ3n) is 2.47. The Balaban J connectivity index is 2.05. The van der Waals surface area contributed by atoms with Crippen LogP contribution in [0.25, 0.3) is 0 Å². The van der Waals surface area contributed by atoms with E-state index >= 15 is 0 Å². The lowest BCUT2D eigenvalue weighted by Gasteiger charge is -2.06. The number of hydrogen-bond donors (Lipinski definition) is 1. The van der Waals surface area contributed by atoms with Crippen LogP contribution < -0.4 is 5.32 Å².